The molecule has 3 aliphatic heterocycles. The van der Waals surface area contributed by atoms with E-state index in [0.717, 1.165) is 13.2 Å². The van der Waals surface area contributed by atoms with Crippen LogP contribution in [0, 0.1) is 28.6 Å². The number of aliphatic hydroxyl groups is 6. The molecule has 15 atom stereocenters. The quantitative estimate of drug-likeness (QED) is 0.0894. The van der Waals surface area contributed by atoms with E-state index < -0.39 is 131 Å². The van der Waals surface area contributed by atoms with Gasteiger partial charge in [-0.2, -0.15) is 0 Å². The number of ketones is 1. The molecule has 0 aromatic heterocycles. The summed E-state index contributed by atoms with van der Waals surface area (Å²) in [6.45, 7) is 7.94. The average Bonchev–Trinajstić information content (AvgIpc) is 3.40. The molecule has 3 heterocycles. The Morgan fingerprint density at radius 1 is 1.00 bits per heavy atom. The number of methoxy groups -OCH3 is 1. The number of aliphatic hydroxyl groups excluding tert-OH is 6. The molecule has 18 heteroatoms. The Morgan fingerprint density at radius 2 is 1.67 bits per heavy atom. The van der Waals surface area contributed by atoms with Crippen LogP contribution in [0.25, 0.3) is 0 Å². The minimum absolute atomic E-state index is 0.0183. The fraction of sp³-hybridized carbons (Fsp3) is 0.750. The number of fused-ring (bicyclic) bond motifs is 2. The van der Waals surface area contributed by atoms with Gasteiger partial charge in [-0.1, -0.05) is 6.92 Å². The Bertz CT molecular complexity index is 1670. The first-order chi connectivity index (χ1) is 25.1. The molecule has 1 spiro atoms. The standard InChI is InChI=1S/C36H48O18/c1-13(33(4,5)54-15(3)38)8-20(40)52-26-28-35-12-49-36(28,32(47)48-7)29(45)24(44)27(35)34(6)10-17(39)25(14(2)16(34)9-19(35)51-30(26)46)53-31-23(43)22(42)21(41)18(11-37)50-31/h8,16,18-19,21-24,26-29,31,37,41-45H,9-12H2,1-7H3/b13-8+/t16-,18+,19+,21+,22-,23+,24+,26+,27+,28+,29-,31-,34-,35+,36+/m0/s1. The van der Waals surface area contributed by atoms with Gasteiger partial charge < -0.3 is 63.8 Å². The minimum Gasteiger partial charge on any atom is -0.467 e. The molecule has 5 fully saturated rings. The summed E-state index contributed by atoms with van der Waals surface area (Å²) in [6.07, 6.45) is -14.4. The van der Waals surface area contributed by atoms with Crippen molar-refractivity contribution in [2.24, 2.45) is 28.6 Å². The molecule has 0 aromatic carbocycles. The van der Waals surface area contributed by atoms with Crippen molar-refractivity contribution >= 4 is 29.7 Å². The smallest absolute Gasteiger partial charge is 0.348 e. The highest BCUT2D eigenvalue weighted by molar-refractivity contribution is 5.96. The van der Waals surface area contributed by atoms with Crippen LogP contribution in [0.2, 0.25) is 0 Å². The van der Waals surface area contributed by atoms with Crippen LogP contribution in [0.3, 0.4) is 0 Å². The normalized spacial score (nSPS) is 44.4. The molecular weight excluding hydrogens is 720 g/mol. The summed E-state index contributed by atoms with van der Waals surface area (Å²) in [5.41, 5.74) is -5.89. The first-order valence-electron chi connectivity index (χ1n) is 17.7. The van der Waals surface area contributed by atoms with E-state index in [1.165, 1.54) is 27.7 Å². The Kier molecular flexibility index (Phi) is 10.1. The van der Waals surface area contributed by atoms with Gasteiger partial charge in [0.2, 0.25) is 18.0 Å². The van der Waals surface area contributed by atoms with Gasteiger partial charge in [0.1, 0.15) is 42.2 Å². The van der Waals surface area contributed by atoms with Crippen LogP contribution in [-0.2, 0) is 57.1 Å². The summed E-state index contributed by atoms with van der Waals surface area (Å²) in [6, 6.07) is 0. The van der Waals surface area contributed by atoms with Gasteiger partial charge in [-0.3, -0.25) is 9.59 Å². The molecule has 54 heavy (non-hydrogen) atoms. The van der Waals surface area contributed by atoms with Crippen LogP contribution in [0.4, 0.5) is 0 Å². The maximum absolute atomic E-state index is 14.1. The Morgan fingerprint density at radius 3 is 2.28 bits per heavy atom. The molecule has 0 radical (unpaired) electrons. The third-order valence-corrected chi connectivity index (χ3v) is 12.8. The molecule has 6 aliphatic rings. The number of carbonyl (C=O) groups is 5. The molecule has 2 saturated carbocycles. The number of rotatable bonds is 8. The van der Waals surface area contributed by atoms with E-state index in [1.807, 2.05) is 0 Å². The Balaban J connectivity index is 1.41. The largest absolute Gasteiger partial charge is 0.467 e. The van der Waals surface area contributed by atoms with Gasteiger partial charge in [0, 0.05) is 30.8 Å². The van der Waals surface area contributed by atoms with E-state index >= 15 is 0 Å². The van der Waals surface area contributed by atoms with Crippen molar-refractivity contribution < 1.29 is 87.8 Å². The summed E-state index contributed by atoms with van der Waals surface area (Å²) in [5.74, 6) is -8.09. The van der Waals surface area contributed by atoms with Crippen LogP contribution in [0.15, 0.2) is 23.0 Å². The number of hydrogen-bond donors (Lipinski definition) is 6. The Labute approximate surface area is 309 Å². The van der Waals surface area contributed by atoms with E-state index in [1.54, 1.807) is 13.8 Å². The lowest BCUT2D eigenvalue weighted by Crippen LogP contribution is -2.79. The topological polar surface area (TPSA) is 271 Å². The van der Waals surface area contributed by atoms with Gasteiger partial charge in [-0.05, 0) is 56.6 Å². The summed E-state index contributed by atoms with van der Waals surface area (Å²) >= 11 is 0. The fourth-order valence-corrected chi connectivity index (χ4v) is 10.2. The molecule has 0 unspecified atom stereocenters. The lowest BCUT2D eigenvalue weighted by molar-refractivity contribution is -0.296. The minimum atomic E-state index is -2.41. The molecule has 3 aliphatic carbocycles. The number of esters is 4. The second-order valence-corrected chi connectivity index (χ2v) is 16.0. The van der Waals surface area contributed by atoms with Crippen molar-refractivity contribution in [2.45, 2.75) is 121 Å². The number of hydrogen-bond acceptors (Lipinski definition) is 18. The van der Waals surface area contributed by atoms with Crippen molar-refractivity contribution in [2.75, 3.05) is 20.3 Å². The van der Waals surface area contributed by atoms with Crippen LogP contribution < -0.4 is 0 Å². The maximum atomic E-state index is 14.1. The number of ether oxygens (including phenoxy) is 7. The predicted molar refractivity (Wildman–Crippen MR) is 175 cm³/mol. The molecular formula is C36H48O18. The summed E-state index contributed by atoms with van der Waals surface area (Å²) in [4.78, 5) is 66.9. The number of carbonyl (C=O) groups excluding carboxylic acids is 5. The summed E-state index contributed by atoms with van der Waals surface area (Å²) in [5, 5.41) is 64.8. The molecule has 2 bridgehead atoms. The average molecular weight is 769 g/mol. The predicted octanol–water partition coefficient (Wildman–Crippen LogP) is -1.90. The second kappa shape index (κ2) is 13.6. The highest BCUT2D eigenvalue weighted by Gasteiger charge is 2.85. The molecule has 300 valence electrons. The zero-order valence-corrected chi connectivity index (χ0v) is 30.9. The third-order valence-electron chi connectivity index (χ3n) is 12.8. The molecule has 18 nitrogen and oxygen atoms in total. The highest BCUT2D eigenvalue weighted by atomic mass is 16.7. The lowest BCUT2D eigenvalue weighted by Gasteiger charge is -2.67. The molecule has 6 N–H and O–H groups in total. The van der Waals surface area contributed by atoms with E-state index in [0.29, 0.717) is 5.57 Å². The van der Waals surface area contributed by atoms with Crippen molar-refractivity contribution in [1.82, 2.24) is 0 Å². The van der Waals surface area contributed by atoms with Crippen LogP contribution in [-0.4, -0.2) is 147 Å². The van der Waals surface area contributed by atoms with Crippen LogP contribution >= 0.6 is 0 Å². The lowest BCUT2D eigenvalue weighted by atomic mass is 9.38. The molecule has 3 saturated heterocycles. The second-order valence-electron chi connectivity index (χ2n) is 16.0. The fourth-order valence-electron chi connectivity index (χ4n) is 10.2. The molecule has 6 rings (SSSR count). The zero-order valence-electron chi connectivity index (χ0n) is 30.9. The van der Waals surface area contributed by atoms with Crippen LogP contribution in [0.5, 0.6) is 0 Å². The van der Waals surface area contributed by atoms with E-state index in [4.69, 9.17) is 33.2 Å². The first kappa shape index (κ1) is 40.2. The zero-order chi connectivity index (χ0) is 40.0. The summed E-state index contributed by atoms with van der Waals surface area (Å²) in [7, 11) is 1.03. The van der Waals surface area contributed by atoms with Crippen molar-refractivity contribution in [3.8, 4) is 0 Å². The first-order valence-corrected chi connectivity index (χ1v) is 17.7. The van der Waals surface area contributed by atoms with Crippen LogP contribution in [0.1, 0.15) is 54.4 Å². The highest BCUT2D eigenvalue weighted by Crippen LogP contribution is 2.73. The number of allylic oxidation sites excluding steroid dienone is 2. The Hall–Kier alpha value is -3.49. The van der Waals surface area contributed by atoms with Crippen molar-refractivity contribution in [1.29, 1.82) is 0 Å². The van der Waals surface area contributed by atoms with Gasteiger partial charge in [0.05, 0.1) is 32.3 Å². The SMILES string of the molecule is COC(=O)[C@]12OC[C@]34[C@H]([C@@H](O)[C@@H]1O)[C@@]1(C)CC(=O)C(O[C@@H]5O[C@H](CO)[C@@H](O)[C@H](O)[C@H]5O)=C(C)[C@@H]1C[C@H]3OC(=O)[C@H](OC(=O)/C=C(\C)C(C)(C)OC(C)=O)[C@@H]24. The van der Waals surface area contributed by atoms with Crippen molar-refractivity contribution in [3.63, 3.8) is 0 Å². The third kappa shape index (κ3) is 5.63. The summed E-state index contributed by atoms with van der Waals surface area (Å²) < 4.78 is 39.6. The molecule has 0 aromatic rings. The van der Waals surface area contributed by atoms with Crippen molar-refractivity contribution in [3.05, 3.63) is 23.0 Å². The number of Topliss-reactive ketones (excluding diaryl/α,β-unsaturated/α-hetero) is 1. The van der Waals surface area contributed by atoms with E-state index in [-0.39, 0.29) is 30.8 Å². The van der Waals surface area contributed by atoms with Gasteiger partial charge in [0.15, 0.2) is 11.5 Å². The monoisotopic (exact) mass is 768 g/mol. The van der Waals surface area contributed by atoms with Gasteiger partial charge >= 0.3 is 23.9 Å². The van der Waals surface area contributed by atoms with Gasteiger partial charge in [0.25, 0.3) is 0 Å². The molecule has 0 amide bonds. The van der Waals surface area contributed by atoms with E-state index in [2.05, 4.69) is 0 Å². The maximum Gasteiger partial charge on any atom is 0.348 e. The van der Waals surface area contributed by atoms with Gasteiger partial charge in [-0.15, -0.1) is 0 Å². The van der Waals surface area contributed by atoms with Gasteiger partial charge in [-0.25, -0.2) is 14.4 Å². The van der Waals surface area contributed by atoms with E-state index in [9.17, 15) is 54.6 Å².